The van der Waals surface area contributed by atoms with Crippen LogP contribution in [0.2, 0.25) is 0 Å². The van der Waals surface area contributed by atoms with Gasteiger partial charge in [0.05, 0.1) is 18.5 Å². The molecule has 1 aromatic heterocycles. The molecule has 238 valence electrons. The number of aromatic nitrogens is 1. The molecule has 0 unspecified atom stereocenters. The second-order valence-corrected chi connectivity index (χ2v) is 11.5. The van der Waals surface area contributed by atoms with E-state index in [1.54, 1.807) is 36.4 Å². The van der Waals surface area contributed by atoms with E-state index < -0.39 is 24.0 Å². The monoisotopic (exact) mass is 635 g/mol. The number of carbonyl (C=O) groups is 2. The van der Waals surface area contributed by atoms with Crippen LogP contribution in [0.15, 0.2) is 115 Å². The number of hydrogen-bond donors (Lipinski definition) is 2. The maximum absolute atomic E-state index is 13.7. The van der Waals surface area contributed by atoms with Crippen LogP contribution in [0.3, 0.4) is 0 Å². The molecule has 9 heteroatoms. The molecule has 5 aromatic rings. The van der Waals surface area contributed by atoms with Gasteiger partial charge in [0.2, 0.25) is 11.8 Å². The molecule has 0 bridgehead atoms. The fourth-order valence-corrected chi connectivity index (χ4v) is 6.32. The molecule has 1 aliphatic carbocycles. The number of nitrogens with one attached hydrogen (secondary N) is 2. The van der Waals surface area contributed by atoms with E-state index in [1.165, 1.54) is 6.20 Å². The van der Waals surface area contributed by atoms with Gasteiger partial charge in [-0.1, -0.05) is 97.1 Å². The van der Waals surface area contributed by atoms with Crippen LogP contribution in [0.1, 0.15) is 39.9 Å². The lowest BCUT2D eigenvalue weighted by Gasteiger charge is -2.31. The number of hydrogen-bond acceptors (Lipinski definition) is 4. The lowest BCUT2D eigenvalue weighted by Crippen LogP contribution is -2.47. The lowest BCUT2D eigenvalue weighted by atomic mass is 9.73. The molecule has 0 radical (unpaired) electrons. The maximum Gasteiger partial charge on any atom is 0.405 e. The second-order valence-electron chi connectivity index (χ2n) is 11.5. The number of halogens is 3. The molecule has 1 aliphatic rings. The van der Waals surface area contributed by atoms with Crippen molar-refractivity contribution in [3.8, 4) is 28.1 Å². The van der Waals surface area contributed by atoms with E-state index in [4.69, 9.17) is 4.74 Å². The molecule has 1 heterocycles. The number of anilines is 1. The Bertz CT molecular complexity index is 1880. The molecule has 2 amide bonds. The van der Waals surface area contributed by atoms with Crippen LogP contribution in [0.5, 0.6) is 5.88 Å². The highest BCUT2D eigenvalue weighted by Crippen LogP contribution is 2.51. The van der Waals surface area contributed by atoms with Gasteiger partial charge in [0, 0.05) is 11.1 Å². The number of ether oxygens (including phenoxy) is 1. The zero-order chi connectivity index (χ0) is 33.0. The Morgan fingerprint density at radius 1 is 0.809 bits per heavy atom. The maximum atomic E-state index is 13.7. The number of benzene rings is 4. The van der Waals surface area contributed by atoms with E-state index in [-0.39, 0.29) is 18.9 Å². The number of carbonyl (C=O) groups excluding carboxylic acids is 2. The van der Waals surface area contributed by atoms with Crippen molar-refractivity contribution in [2.45, 2.75) is 31.4 Å². The summed E-state index contributed by atoms with van der Waals surface area (Å²) in [6, 6.07) is 33.5. The molecule has 4 aromatic carbocycles. The minimum atomic E-state index is -4.54. The predicted molar refractivity (Wildman–Crippen MR) is 175 cm³/mol. The summed E-state index contributed by atoms with van der Waals surface area (Å²) in [4.78, 5) is 31.3. The summed E-state index contributed by atoms with van der Waals surface area (Å²) in [5.74, 6) is -0.614. The SMILES string of the molecule is Cc1cc(NC(=O)c2ccccc2-c2ccccc2)cnc1OCCCC1(C(=O)NCC(F)(F)F)c2ccccc2-c2ccccc21. The quantitative estimate of drug-likeness (QED) is 0.152. The Kier molecular flexibility index (Phi) is 8.80. The Labute approximate surface area is 270 Å². The van der Waals surface area contributed by atoms with Gasteiger partial charge < -0.3 is 15.4 Å². The van der Waals surface area contributed by atoms with Crippen LogP contribution >= 0.6 is 0 Å². The van der Waals surface area contributed by atoms with E-state index in [0.29, 0.717) is 40.2 Å². The van der Waals surface area contributed by atoms with E-state index >= 15 is 0 Å². The summed E-state index contributed by atoms with van der Waals surface area (Å²) < 4.78 is 45.5. The fourth-order valence-electron chi connectivity index (χ4n) is 6.32. The van der Waals surface area contributed by atoms with Gasteiger partial charge >= 0.3 is 6.18 Å². The average molecular weight is 636 g/mol. The Hall–Kier alpha value is -5.44. The molecule has 0 saturated carbocycles. The van der Waals surface area contributed by atoms with Crippen molar-refractivity contribution in [1.82, 2.24) is 10.3 Å². The van der Waals surface area contributed by atoms with Gasteiger partial charge in [-0.15, -0.1) is 0 Å². The van der Waals surface area contributed by atoms with Crippen molar-refractivity contribution < 1.29 is 27.5 Å². The van der Waals surface area contributed by atoms with Crippen molar-refractivity contribution in [3.63, 3.8) is 0 Å². The van der Waals surface area contributed by atoms with Crippen molar-refractivity contribution in [3.05, 3.63) is 138 Å². The number of amides is 2. The third kappa shape index (κ3) is 6.47. The van der Waals surface area contributed by atoms with Gasteiger partial charge in [-0.3, -0.25) is 9.59 Å². The summed E-state index contributed by atoms with van der Waals surface area (Å²) in [6.07, 6.45) is -2.45. The largest absolute Gasteiger partial charge is 0.477 e. The molecule has 0 atom stereocenters. The molecule has 0 fully saturated rings. The highest BCUT2D eigenvalue weighted by molar-refractivity contribution is 6.08. The molecular weight excluding hydrogens is 603 g/mol. The number of rotatable bonds is 10. The number of nitrogens with zero attached hydrogens (tertiary/aromatic N) is 1. The first kappa shape index (κ1) is 31.5. The molecule has 6 nitrogen and oxygen atoms in total. The Morgan fingerprint density at radius 3 is 2.04 bits per heavy atom. The van der Waals surface area contributed by atoms with Crippen LogP contribution < -0.4 is 15.4 Å². The first-order chi connectivity index (χ1) is 22.7. The van der Waals surface area contributed by atoms with Gasteiger partial charge in [-0.25, -0.2) is 4.98 Å². The molecule has 0 saturated heterocycles. The normalized spacial score (nSPS) is 12.9. The summed E-state index contributed by atoms with van der Waals surface area (Å²) >= 11 is 0. The molecule has 0 spiro atoms. The van der Waals surface area contributed by atoms with Crippen LogP contribution in [-0.4, -0.2) is 36.1 Å². The van der Waals surface area contributed by atoms with Crippen molar-refractivity contribution in [2.75, 3.05) is 18.5 Å². The zero-order valence-corrected chi connectivity index (χ0v) is 25.6. The van der Waals surface area contributed by atoms with Gasteiger partial charge in [-0.05, 0) is 65.3 Å². The number of fused-ring (bicyclic) bond motifs is 3. The molecule has 6 rings (SSSR count). The summed E-state index contributed by atoms with van der Waals surface area (Å²) in [5, 5.41) is 5.07. The standard InChI is InChI=1S/C38H32F3N3O3/c1-25-22-27(44-34(45)31-17-6-5-14-28(31)26-12-3-2-4-13-26)23-42-35(25)47-21-11-20-37(36(46)43-24-38(39,40)41)32-18-9-7-15-29(32)30-16-8-10-19-33(30)37/h2-10,12-19,22-23H,11,20-21,24H2,1H3,(H,43,46)(H,44,45). The second kappa shape index (κ2) is 13.1. The van der Waals surface area contributed by atoms with Crippen molar-refractivity contribution in [2.24, 2.45) is 0 Å². The first-order valence-electron chi connectivity index (χ1n) is 15.3. The lowest BCUT2D eigenvalue weighted by molar-refractivity contribution is -0.141. The highest BCUT2D eigenvalue weighted by atomic mass is 19.4. The van der Waals surface area contributed by atoms with Crippen molar-refractivity contribution >= 4 is 17.5 Å². The number of pyridine rings is 1. The van der Waals surface area contributed by atoms with Gasteiger partial charge in [0.25, 0.3) is 5.91 Å². The van der Waals surface area contributed by atoms with Gasteiger partial charge in [0.15, 0.2) is 0 Å². The van der Waals surface area contributed by atoms with E-state index in [1.807, 2.05) is 79.7 Å². The molecule has 0 aliphatic heterocycles. The average Bonchev–Trinajstić information content (AvgIpc) is 3.37. The first-order valence-corrected chi connectivity index (χ1v) is 15.3. The third-order valence-electron chi connectivity index (χ3n) is 8.38. The highest BCUT2D eigenvalue weighted by Gasteiger charge is 2.49. The van der Waals surface area contributed by atoms with Crippen LogP contribution in [0.25, 0.3) is 22.3 Å². The third-order valence-corrected chi connectivity index (χ3v) is 8.38. The minimum absolute atomic E-state index is 0.169. The molecular formula is C38H32F3N3O3. The van der Waals surface area contributed by atoms with Gasteiger partial charge in [-0.2, -0.15) is 13.2 Å². The molecule has 2 N–H and O–H groups in total. The molecule has 47 heavy (non-hydrogen) atoms. The zero-order valence-electron chi connectivity index (χ0n) is 25.6. The number of aryl methyl sites for hydroxylation is 1. The Morgan fingerprint density at radius 2 is 1.40 bits per heavy atom. The van der Waals surface area contributed by atoms with Crippen LogP contribution in [-0.2, 0) is 10.2 Å². The summed E-state index contributed by atoms with van der Waals surface area (Å²) in [6.45, 7) is 0.562. The Balaban J connectivity index is 1.16. The minimum Gasteiger partial charge on any atom is -0.477 e. The summed E-state index contributed by atoms with van der Waals surface area (Å²) in [7, 11) is 0. The van der Waals surface area contributed by atoms with Crippen LogP contribution in [0, 0.1) is 6.92 Å². The summed E-state index contributed by atoms with van der Waals surface area (Å²) in [5.41, 5.74) is 5.14. The van der Waals surface area contributed by atoms with E-state index in [2.05, 4.69) is 15.6 Å². The van der Waals surface area contributed by atoms with E-state index in [9.17, 15) is 22.8 Å². The van der Waals surface area contributed by atoms with Gasteiger partial charge in [0.1, 0.15) is 12.0 Å². The van der Waals surface area contributed by atoms with Crippen LogP contribution in [0.4, 0.5) is 18.9 Å². The fraction of sp³-hybridized carbons (Fsp3) is 0.184. The topological polar surface area (TPSA) is 80.3 Å². The van der Waals surface area contributed by atoms with E-state index in [0.717, 1.165) is 22.3 Å². The van der Waals surface area contributed by atoms with Crippen molar-refractivity contribution in [1.29, 1.82) is 0 Å². The number of alkyl halides is 3. The predicted octanol–water partition coefficient (Wildman–Crippen LogP) is 8.11. The smallest absolute Gasteiger partial charge is 0.405 e.